The van der Waals surface area contributed by atoms with Gasteiger partial charge in [-0.25, -0.2) is 0 Å². The Balaban J connectivity index is 2.23. The van der Waals surface area contributed by atoms with Crippen LogP contribution in [-0.4, -0.2) is 29.7 Å². The number of aliphatic imine (C=N–C) groups is 1. The molecule has 5 heteroatoms. The van der Waals surface area contributed by atoms with Crippen molar-refractivity contribution in [2.24, 2.45) is 16.6 Å². The second-order valence-electron chi connectivity index (χ2n) is 4.98. The van der Waals surface area contributed by atoms with Gasteiger partial charge in [0.25, 0.3) is 0 Å². The monoisotopic (exact) mass is 272 g/mol. The van der Waals surface area contributed by atoms with Crippen molar-refractivity contribution in [3.8, 4) is 0 Å². The molecule has 0 fully saturated rings. The lowest BCUT2D eigenvalue weighted by Crippen LogP contribution is -2.40. The van der Waals surface area contributed by atoms with Gasteiger partial charge in [0.1, 0.15) is 11.8 Å². The largest absolute Gasteiger partial charge is 0.370 e. The molecule has 0 radical (unpaired) electrons. The molecule has 0 spiro atoms. The smallest absolute Gasteiger partial charge is 0.218 e. The van der Waals surface area contributed by atoms with Gasteiger partial charge >= 0.3 is 0 Å². The Kier molecular flexibility index (Phi) is 4.08. The van der Waals surface area contributed by atoms with Crippen molar-refractivity contribution in [1.82, 2.24) is 0 Å². The van der Waals surface area contributed by atoms with E-state index in [1.54, 1.807) is 0 Å². The maximum absolute atomic E-state index is 12.5. The van der Waals surface area contributed by atoms with Crippen LogP contribution in [0.4, 0.5) is 0 Å². The third-order valence-corrected chi connectivity index (χ3v) is 3.48. The van der Waals surface area contributed by atoms with Crippen LogP contribution in [0.3, 0.4) is 0 Å². The van der Waals surface area contributed by atoms with E-state index in [-0.39, 0.29) is 18.6 Å². The van der Waals surface area contributed by atoms with Gasteiger partial charge in [0.2, 0.25) is 5.91 Å². The van der Waals surface area contributed by atoms with E-state index in [9.17, 15) is 14.4 Å². The Labute approximate surface area is 116 Å². The Morgan fingerprint density at radius 2 is 2.05 bits per heavy atom. The molecule has 0 aromatic heterocycles. The summed E-state index contributed by atoms with van der Waals surface area (Å²) in [5.41, 5.74) is 4.98. The third-order valence-electron chi connectivity index (χ3n) is 3.48. The first-order chi connectivity index (χ1) is 9.57. The summed E-state index contributed by atoms with van der Waals surface area (Å²) < 4.78 is 0. The van der Waals surface area contributed by atoms with Gasteiger partial charge in [-0.1, -0.05) is 30.3 Å². The molecule has 0 saturated heterocycles. The highest BCUT2D eigenvalue weighted by Gasteiger charge is 2.45. The van der Waals surface area contributed by atoms with Crippen LogP contribution in [0.1, 0.15) is 18.4 Å². The minimum absolute atomic E-state index is 0.0203. The number of hydrogen-bond donors (Lipinski definition) is 1. The lowest BCUT2D eigenvalue weighted by atomic mass is 9.81. The molecule has 0 bridgehead atoms. The fourth-order valence-corrected chi connectivity index (χ4v) is 2.50. The summed E-state index contributed by atoms with van der Waals surface area (Å²) in [4.78, 5) is 38.6. The van der Waals surface area contributed by atoms with E-state index in [2.05, 4.69) is 4.99 Å². The number of hydrogen-bond acceptors (Lipinski definition) is 4. The van der Waals surface area contributed by atoms with Crippen LogP contribution >= 0.6 is 0 Å². The number of amides is 1. The fraction of sp³-hybridized carbons (Fsp3) is 0.333. The van der Waals surface area contributed by atoms with E-state index in [0.29, 0.717) is 12.7 Å². The molecular formula is C15H16N2O3. The molecule has 1 aromatic rings. The van der Waals surface area contributed by atoms with Crippen LogP contribution < -0.4 is 5.73 Å². The molecule has 20 heavy (non-hydrogen) atoms. The van der Waals surface area contributed by atoms with Crippen LogP contribution in [0.15, 0.2) is 35.3 Å². The normalized spacial score (nSPS) is 24.8. The van der Waals surface area contributed by atoms with E-state index >= 15 is 0 Å². The molecule has 104 valence electrons. The quantitative estimate of drug-likeness (QED) is 0.773. The first-order valence-corrected chi connectivity index (χ1v) is 6.43. The SMILES string of the molecule is NC(=O)CC1C=NC(CC=O)(Cc2ccccc2)C1=O. The van der Waals surface area contributed by atoms with Crippen molar-refractivity contribution in [1.29, 1.82) is 0 Å². The maximum Gasteiger partial charge on any atom is 0.218 e. The number of carbonyl (C=O) groups excluding carboxylic acids is 3. The summed E-state index contributed by atoms with van der Waals surface area (Å²) in [6.07, 6.45) is 2.48. The zero-order valence-corrected chi connectivity index (χ0v) is 11.0. The molecule has 5 nitrogen and oxygen atoms in total. The first kappa shape index (κ1) is 14.1. The Bertz CT molecular complexity index is 553. The Morgan fingerprint density at radius 1 is 1.35 bits per heavy atom. The van der Waals surface area contributed by atoms with Gasteiger partial charge in [-0.15, -0.1) is 0 Å². The second kappa shape index (κ2) is 5.77. The van der Waals surface area contributed by atoms with E-state index in [1.807, 2.05) is 30.3 Å². The van der Waals surface area contributed by atoms with E-state index in [4.69, 9.17) is 5.73 Å². The summed E-state index contributed by atoms with van der Waals surface area (Å²) in [7, 11) is 0. The van der Waals surface area contributed by atoms with Gasteiger partial charge in [-0.05, 0) is 5.56 Å². The van der Waals surface area contributed by atoms with E-state index < -0.39 is 17.4 Å². The van der Waals surface area contributed by atoms with Crippen LogP contribution in [0.5, 0.6) is 0 Å². The lowest BCUT2D eigenvalue weighted by molar-refractivity contribution is -0.129. The minimum atomic E-state index is -1.08. The van der Waals surface area contributed by atoms with E-state index in [1.165, 1.54) is 6.21 Å². The van der Waals surface area contributed by atoms with Gasteiger partial charge in [0.05, 0.1) is 5.92 Å². The van der Waals surface area contributed by atoms with Crippen LogP contribution in [-0.2, 0) is 20.8 Å². The van der Waals surface area contributed by atoms with Gasteiger partial charge in [-0.2, -0.15) is 0 Å². The van der Waals surface area contributed by atoms with Crippen LogP contribution in [0, 0.1) is 5.92 Å². The minimum Gasteiger partial charge on any atom is -0.370 e. The molecule has 2 N–H and O–H groups in total. The highest BCUT2D eigenvalue weighted by molar-refractivity contribution is 6.09. The number of nitrogens with two attached hydrogens (primary N) is 1. The lowest BCUT2D eigenvalue weighted by Gasteiger charge is -2.23. The molecule has 0 aliphatic carbocycles. The molecule has 1 amide bonds. The van der Waals surface area contributed by atoms with Crippen molar-refractivity contribution in [2.45, 2.75) is 24.8 Å². The van der Waals surface area contributed by atoms with Crippen molar-refractivity contribution < 1.29 is 14.4 Å². The zero-order chi connectivity index (χ0) is 14.6. The Hall–Kier alpha value is -2.30. The van der Waals surface area contributed by atoms with Crippen LogP contribution in [0.25, 0.3) is 0 Å². The van der Waals surface area contributed by atoms with E-state index in [0.717, 1.165) is 5.56 Å². The molecule has 1 aliphatic rings. The number of ketones is 1. The van der Waals surface area contributed by atoms with Crippen molar-refractivity contribution in [3.63, 3.8) is 0 Å². The standard InChI is InChI=1S/C15H16N2O3/c16-13(19)8-12-10-17-15(6-7-18,14(12)20)9-11-4-2-1-3-5-11/h1-5,7,10,12H,6,8-9H2,(H2,16,19). The van der Waals surface area contributed by atoms with Gasteiger partial charge in [0.15, 0.2) is 5.78 Å². The summed E-state index contributed by atoms with van der Waals surface area (Å²) in [6, 6.07) is 9.39. The molecule has 2 rings (SSSR count). The molecule has 1 aliphatic heterocycles. The van der Waals surface area contributed by atoms with Crippen LogP contribution in [0.2, 0.25) is 0 Å². The number of nitrogens with zero attached hydrogens (tertiary/aromatic N) is 1. The highest BCUT2D eigenvalue weighted by atomic mass is 16.1. The number of benzene rings is 1. The molecule has 0 saturated carbocycles. The average Bonchev–Trinajstić information content (AvgIpc) is 2.69. The van der Waals surface area contributed by atoms with Gasteiger partial charge in [0, 0.05) is 25.5 Å². The van der Waals surface area contributed by atoms with Crippen molar-refractivity contribution in [2.75, 3.05) is 0 Å². The number of Topliss-reactive ketones (excluding diaryl/α,β-unsaturated/α-hetero) is 1. The van der Waals surface area contributed by atoms with Crippen molar-refractivity contribution in [3.05, 3.63) is 35.9 Å². The summed E-state index contributed by atoms with van der Waals surface area (Å²) in [6.45, 7) is 0. The molecule has 2 unspecified atom stereocenters. The number of primary amides is 1. The fourth-order valence-electron chi connectivity index (χ4n) is 2.50. The molecule has 1 heterocycles. The predicted octanol–water partition coefficient (Wildman–Crippen LogP) is 0.702. The second-order valence-corrected chi connectivity index (χ2v) is 4.98. The molecule has 1 aromatic carbocycles. The highest BCUT2D eigenvalue weighted by Crippen LogP contribution is 2.31. The molecular weight excluding hydrogens is 256 g/mol. The predicted molar refractivity (Wildman–Crippen MR) is 74.4 cm³/mol. The zero-order valence-electron chi connectivity index (χ0n) is 11.0. The topological polar surface area (TPSA) is 89.6 Å². The third kappa shape index (κ3) is 2.82. The first-order valence-electron chi connectivity index (χ1n) is 6.43. The number of rotatable bonds is 6. The number of aldehydes is 1. The average molecular weight is 272 g/mol. The molecule has 2 atom stereocenters. The van der Waals surface area contributed by atoms with Gasteiger partial charge < -0.3 is 10.5 Å². The number of carbonyl (C=O) groups is 3. The summed E-state index contributed by atoms with van der Waals surface area (Å²) in [5.74, 6) is -1.36. The summed E-state index contributed by atoms with van der Waals surface area (Å²) >= 11 is 0. The Morgan fingerprint density at radius 3 is 2.65 bits per heavy atom. The van der Waals surface area contributed by atoms with Gasteiger partial charge in [-0.3, -0.25) is 14.6 Å². The van der Waals surface area contributed by atoms with Crippen molar-refractivity contribution >= 4 is 24.2 Å². The maximum atomic E-state index is 12.5. The summed E-state index contributed by atoms with van der Waals surface area (Å²) in [5, 5.41) is 0.